The van der Waals surface area contributed by atoms with Crippen LogP contribution in [-0.2, 0) is 19.0 Å². The number of rotatable bonds is 7. The first kappa shape index (κ1) is 29.6. The van der Waals surface area contributed by atoms with Crippen molar-refractivity contribution in [3.8, 4) is 11.4 Å². The number of aryl methyl sites for hydroxylation is 1. The van der Waals surface area contributed by atoms with Crippen LogP contribution in [0.25, 0.3) is 11.4 Å². The maximum Gasteiger partial charge on any atom is 0.416 e. The number of aromatic nitrogens is 3. The van der Waals surface area contributed by atoms with Gasteiger partial charge in [-0.15, -0.1) is 0 Å². The Morgan fingerprint density at radius 2 is 1.58 bits per heavy atom. The molecule has 2 atom stereocenters. The van der Waals surface area contributed by atoms with Gasteiger partial charge in [-0.3, -0.25) is 16.6 Å². The number of nitrogens with two attached hydrogens (primary N) is 2. The highest BCUT2D eigenvalue weighted by atomic mass is 19.4. The second kappa shape index (κ2) is 13.7. The van der Waals surface area contributed by atoms with Gasteiger partial charge in [0.2, 0.25) is 0 Å². The van der Waals surface area contributed by atoms with Crippen LogP contribution in [0.3, 0.4) is 0 Å². The normalized spacial score (nSPS) is 18.1. The van der Waals surface area contributed by atoms with Gasteiger partial charge in [-0.1, -0.05) is 30.7 Å². The largest absolute Gasteiger partial charge is 0.416 e. The molecule has 11 heteroatoms. The Morgan fingerprint density at radius 3 is 2.21 bits per heavy atom. The van der Waals surface area contributed by atoms with Crippen molar-refractivity contribution in [2.24, 2.45) is 11.7 Å². The number of likely N-dealkylation sites (tertiary alicyclic amines) is 1. The molecule has 1 aromatic heterocycles. The van der Waals surface area contributed by atoms with Gasteiger partial charge in [-0.05, 0) is 69.5 Å². The lowest BCUT2D eigenvalue weighted by molar-refractivity contribution is -0.137. The molecule has 0 bridgehead atoms. The van der Waals surface area contributed by atoms with Crippen molar-refractivity contribution in [3.05, 3.63) is 77.1 Å². The van der Waals surface area contributed by atoms with Crippen molar-refractivity contribution in [2.75, 3.05) is 6.54 Å². The summed E-state index contributed by atoms with van der Waals surface area (Å²) in [5, 5.41) is 0. The average Bonchev–Trinajstić information content (AvgIpc) is 2.87. The second-order valence-electron chi connectivity index (χ2n) is 9.51. The van der Waals surface area contributed by atoms with Gasteiger partial charge in [0.25, 0.3) is 0 Å². The minimum absolute atomic E-state index is 0.220. The van der Waals surface area contributed by atoms with E-state index in [1.54, 1.807) is 23.7 Å². The van der Waals surface area contributed by atoms with Gasteiger partial charge in [0.15, 0.2) is 5.82 Å². The smallest absolute Gasteiger partial charge is 0.298 e. The minimum Gasteiger partial charge on any atom is -0.298 e. The van der Waals surface area contributed by atoms with E-state index in [2.05, 4.69) is 45.4 Å². The number of hydrogen-bond donors (Lipinski definition) is 3. The van der Waals surface area contributed by atoms with Crippen molar-refractivity contribution < 1.29 is 17.6 Å². The highest BCUT2D eigenvalue weighted by molar-refractivity contribution is 5.56. The van der Waals surface area contributed by atoms with Crippen LogP contribution in [0.15, 0.2) is 48.5 Å². The van der Waals surface area contributed by atoms with E-state index in [0.717, 1.165) is 30.7 Å². The Hall–Kier alpha value is -2.99. The molecule has 5 N–H and O–H groups in total. The lowest BCUT2D eigenvalue weighted by Gasteiger charge is -2.39. The molecule has 0 aliphatic carbocycles. The van der Waals surface area contributed by atoms with E-state index in [0.29, 0.717) is 42.1 Å². The van der Waals surface area contributed by atoms with Crippen molar-refractivity contribution >= 4 is 0 Å². The number of alkyl halides is 3. The monoisotopic (exact) mass is 533 g/mol. The molecular weight excluding hydrogens is 498 g/mol. The number of halogens is 4. The molecule has 206 valence electrons. The van der Waals surface area contributed by atoms with Crippen LogP contribution in [0.4, 0.5) is 17.6 Å². The highest BCUT2D eigenvalue weighted by Crippen LogP contribution is 2.31. The molecular formula is C27H35F4N7. The van der Waals surface area contributed by atoms with Gasteiger partial charge >= 0.3 is 6.18 Å². The molecule has 0 spiro atoms. The van der Waals surface area contributed by atoms with Crippen LogP contribution in [0, 0.1) is 5.82 Å². The fourth-order valence-electron chi connectivity index (χ4n) is 4.74. The number of piperidine rings is 1. The standard InChI is InChI=1S/C27H30F4N4.H5N3/c1-18-6-3-7-19(2)35(18)15-5-10-24-32-25(16-20-11-13-23(28)14-12-20)34-26(33-24)21-8-4-9-22(17-21)27(29,30)31;1-3-2/h4,8-9,11-14,17-19H,3,5-7,10,15-16H2,1-2H3;3H,1-2H2. The Kier molecular flexibility index (Phi) is 10.7. The van der Waals surface area contributed by atoms with Crippen molar-refractivity contribution in [2.45, 2.75) is 70.6 Å². The molecule has 2 aromatic carbocycles. The third-order valence-corrected chi connectivity index (χ3v) is 6.64. The maximum atomic E-state index is 13.3. The molecule has 0 radical (unpaired) electrons. The molecule has 1 aliphatic rings. The van der Waals surface area contributed by atoms with E-state index in [9.17, 15) is 17.6 Å². The van der Waals surface area contributed by atoms with E-state index in [1.165, 1.54) is 37.5 Å². The third kappa shape index (κ3) is 8.52. The summed E-state index contributed by atoms with van der Waals surface area (Å²) in [6.45, 7) is 5.43. The minimum atomic E-state index is -4.45. The van der Waals surface area contributed by atoms with Crippen LogP contribution in [0.1, 0.15) is 62.3 Å². The lowest BCUT2D eigenvalue weighted by atomic mass is 9.97. The predicted octanol–water partition coefficient (Wildman–Crippen LogP) is 4.81. The van der Waals surface area contributed by atoms with Crippen LogP contribution >= 0.6 is 0 Å². The first-order valence-corrected chi connectivity index (χ1v) is 12.7. The zero-order valence-corrected chi connectivity index (χ0v) is 21.7. The van der Waals surface area contributed by atoms with Crippen LogP contribution in [-0.4, -0.2) is 38.5 Å². The Labute approximate surface area is 220 Å². The Balaban J connectivity index is 0.00000127. The summed E-state index contributed by atoms with van der Waals surface area (Å²) < 4.78 is 53.2. The highest BCUT2D eigenvalue weighted by Gasteiger charge is 2.30. The van der Waals surface area contributed by atoms with Gasteiger partial charge in [0.1, 0.15) is 17.5 Å². The molecule has 3 aromatic rings. The summed E-state index contributed by atoms with van der Waals surface area (Å²) in [4.78, 5) is 16.1. The van der Waals surface area contributed by atoms with E-state index >= 15 is 0 Å². The average molecular weight is 534 g/mol. The first-order valence-electron chi connectivity index (χ1n) is 12.7. The Morgan fingerprint density at radius 1 is 0.947 bits per heavy atom. The Bertz CT molecular complexity index is 1140. The van der Waals surface area contributed by atoms with Gasteiger partial charge in [-0.2, -0.15) is 18.7 Å². The molecule has 38 heavy (non-hydrogen) atoms. The van der Waals surface area contributed by atoms with E-state index < -0.39 is 11.7 Å². The molecule has 2 heterocycles. The number of benzene rings is 2. The lowest BCUT2D eigenvalue weighted by Crippen LogP contribution is -2.44. The summed E-state index contributed by atoms with van der Waals surface area (Å²) in [7, 11) is 0. The first-order chi connectivity index (χ1) is 18.1. The fraction of sp³-hybridized carbons (Fsp3) is 0.444. The molecule has 2 unspecified atom stereocenters. The van der Waals surface area contributed by atoms with Gasteiger partial charge < -0.3 is 0 Å². The second-order valence-corrected chi connectivity index (χ2v) is 9.51. The zero-order chi connectivity index (χ0) is 27.7. The number of nitrogens with zero attached hydrogens (tertiary/aromatic N) is 4. The SMILES string of the molecule is CC1CCCC(C)N1CCCc1nc(Cc2ccc(F)cc2)nc(-c2cccc(C(F)(F)F)c2)n1.NNN. The summed E-state index contributed by atoms with van der Waals surface area (Å²) in [6, 6.07) is 12.2. The van der Waals surface area contributed by atoms with Crippen molar-refractivity contribution in [3.63, 3.8) is 0 Å². The van der Waals surface area contributed by atoms with Gasteiger partial charge in [-0.25, -0.2) is 19.3 Å². The molecule has 0 amide bonds. The van der Waals surface area contributed by atoms with Crippen LogP contribution < -0.4 is 17.2 Å². The number of hydrogen-bond acceptors (Lipinski definition) is 7. The van der Waals surface area contributed by atoms with Crippen molar-refractivity contribution in [1.29, 1.82) is 0 Å². The quantitative estimate of drug-likeness (QED) is 0.227. The van der Waals surface area contributed by atoms with E-state index in [4.69, 9.17) is 0 Å². The van der Waals surface area contributed by atoms with Gasteiger partial charge in [0, 0.05) is 30.5 Å². The summed E-state index contributed by atoms with van der Waals surface area (Å²) in [6.07, 6.45) is 0.957. The number of hydrazine groups is 2. The molecule has 0 saturated carbocycles. The van der Waals surface area contributed by atoms with E-state index in [1.807, 2.05) is 0 Å². The summed E-state index contributed by atoms with van der Waals surface area (Å²) in [5.74, 6) is 9.64. The summed E-state index contributed by atoms with van der Waals surface area (Å²) in [5.41, 5.74) is 2.11. The predicted molar refractivity (Wildman–Crippen MR) is 139 cm³/mol. The number of nitrogens with one attached hydrogen (secondary N) is 1. The zero-order valence-electron chi connectivity index (χ0n) is 21.7. The third-order valence-electron chi connectivity index (χ3n) is 6.64. The maximum absolute atomic E-state index is 13.3. The molecule has 1 aliphatic heterocycles. The molecule has 4 rings (SSSR count). The topological polar surface area (TPSA) is 106 Å². The van der Waals surface area contributed by atoms with Crippen LogP contribution in [0.2, 0.25) is 0 Å². The van der Waals surface area contributed by atoms with Crippen LogP contribution in [0.5, 0.6) is 0 Å². The molecule has 1 fully saturated rings. The van der Waals surface area contributed by atoms with Crippen molar-refractivity contribution in [1.82, 2.24) is 25.4 Å². The molecule has 7 nitrogen and oxygen atoms in total. The molecule has 1 saturated heterocycles. The van der Waals surface area contributed by atoms with E-state index in [-0.39, 0.29) is 11.6 Å². The van der Waals surface area contributed by atoms with Gasteiger partial charge in [0.05, 0.1) is 5.56 Å². The summed E-state index contributed by atoms with van der Waals surface area (Å²) >= 11 is 0. The fourth-order valence-corrected chi connectivity index (χ4v) is 4.74.